The molecular formula is C13H15N3O. The van der Waals surface area contributed by atoms with E-state index in [2.05, 4.69) is 10.4 Å². The van der Waals surface area contributed by atoms with E-state index in [1.807, 2.05) is 43.3 Å². The molecule has 3 N–H and O–H groups in total. The smallest absolute Gasteiger partial charge is 0.140 e. The summed E-state index contributed by atoms with van der Waals surface area (Å²) in [6, 6.07) is 13.5. The van der Waals surface area contributed by atoms with Crippen molar-refractivity contribution in [1.82, 2.24) is 4.98 Å². The van der Waals surface area contributed by atoms with E-state index in [-0.39, 0.29) is 0 Å². The molecule has 0 aliphatic rings. The lowest BCUT2D eigenvalue weighted by atomic mass is 10.2. The van der Waals surface area contributed by atoms with Crippen LogP contribution in [0, 0.1) is 6.92 Å². The summed E-state index contributed by atoms with van der Waals surface area (Å²) in [6.07, 6.45) is 0. The summed E-state index contributed by atoms with van der Waals surface area (Å²) in [4.78, 5) is 4.26. The maximum Gasteiger partial charge on any atom is 0.140 e. The van der Waals surface area contributed by atoms with E-state index in [1.54, 1.807) is 6.07 Å². The Balaban J connectivity index is 1.99. The van der Waals surface area contributed by atoms with Crippen LogP contribution >= 0.6 is 0 Å². The lowest BCUT2D eigenvalue weighted by Gasteiger charge is -2.07. The summed E-state index contributed by atoms with van der Waals surface area (Å²) in [5.74, 6) is 6.76. The molecule has 0 spiro atoms. The van der Waals surface area contributed by atoms with Crippen molar-refractivity contribution in [2.24, 2.45) is 5.84 Å². The van der Waals surface area contributed by atoms with Crippen molar-refractivity contribution in [2.75, 3.05) is 5.43 Å². The Morgan fingerprint density at radius 1 is 1.18 bits per heavy atom. The first-order valence-corrected chi connectivity index (χ1v) is 5.40. The summed E-state index contributed by atoms with van der Waals surface area (Å²) < 4.78 is 5.62. The summed E-state index contributed by atoms with van der Waals surface area (Å²) in [5.41, 5.74) is 4.55. The van der Waals surface area contributed by atoms with Gasteiger partial charge < -0.3 is 10.2 Å². The number of nitrogens with two attached hydrogens (primary N) is 1. The Hall–Kier alpha value is -2.07. The molecule has 0 fully saturated rings. The molecule has 4 nitrogen and oxygen atoms in total. The van der Waals surface area contributed by atoms with Gasteiger partial charge in [-0.15, -0.1) is 0 Å². The average Bonchev–Trinajstić information content (AvgIpc) is 2.38. The molecule has 0 bridgehead atoms. The molecule has 1 aromatic heterocycles. The maximum atomic E-state index is 5.62. The highest BCUT2D eigenvalue weighted by atomic mass is 16.5. The molecule has 1 aromatic carbocycles. The van der Waals surface area contributed by atoms with Crippen LogP contribution in [0.5, 0.6) is 5.75 Å². The molecule has 2 aromatic rings. The summed E-state index contributed by atoms with van der Waals surface area (Å²) in [5, 5.41) is 0. The van der Waals surface area contributed by atoms with Crippen LogP contribution in [0.2, 0.25) is 0 Å². The van der Waals surface area contributed by atoms with E-state index in [9.17, 15) is 0 Å². The topological polar surface area (TPSA) is 60.2 Å². The van der Waals surface area contributed by atoms with Crippen LogP contribution in [0.3, 0.4) is 0 Å². The van der Waals surface area contributed by atoms with Gasteiger partial charge in [0.05, 0.1) is 5.69 Å². The number of nitrogen functional groups attached to an aromatic ring is 1. The second kappa shape index (κ2) is 5.32. The number of hydrogen-bond acceptors (Lipinski definition) is 4. The molecule has 0 saturated carbocycles. The van der Waals surface area contributed by atoms with Gasteiger partial charge >= 0.3 is 0 Å². The number of pyridine rings is 1. The molecular weight excluding hydrogens is 214 g/mol. The largest absolute Gasteiger partial charge is 0.487 e. The fraction of sp³-hybridized carbons (Fsp3) is 0.154. The van der Waals surface area contributed by atoms with Gasteiger partial charge in [0.2, 0.25) is 0 Å². The van der Waals surface area contributed by atoms with E-state index >= 15 is 0 Å². The fourth-order valence-electron chi connectivity index (χ4n) is 1.43. The number of aromatic nitrogens is 1. The zero-order valence-corrected chi connectivity index (χ0v) is 9.68. The molecule has 88 valence electrons. The zero-order valence-electron chi connectivity index (χ0n) is 9.68. The normalized spacial score (nSPS) is 10.0. The third-order valence-corrected chi connectivity index (χ3v) is 2.36. The van der Waals surface area contributed by atoms with Gasteiger partial charge in [-0.3, -0.25) is 0 Å². The highest BCUT2D eigenvalue weighted by Crippen LogP contribution is 2.13. The molecule has 0 atom stereocenters. The number of aryl methyl sites for hydroxylation is 1. The first-order chi connectivity index (χ1) is 8.28. The minimum absolute atomic E-state index is 0.429. The molecule has 1 heterocycles. The molecule has 0 saturated heterocycles. The van der Waals surface area contributed by atoms with Gasteiger partial charge in [-0.25, -0.2) is 10.8 Å². The predicted octanol–water partition coefficient (Wildman–Crippen LogP) is 2.25. The van der Waals surface area contributed by atoms with Gasteiger partial charge in [0.1, 0.15) is 18.2 Å². The number of hydrogen-bond donors (Lipinski definition) is 2. The van der Waals surface area contributed by atoms with E-state index < -0.39 is 0 Å². The molecule has 0 radical (unpaired) electrons. The molecule has 17 heavy (non-hydrogen) atoms. The third kappa shape index (κ3) is 3.19. The molecule has 0 aliphatic carbocycles. The van der Waals surface area contributed by atoms with Gasteiger partial charge in [-0.1, -0.05) is 23.8 Å². The van der Waals surface area contributed by atoms with Crippen LogP contribution < -0.4 is 16.0 Å². The number of rotatable bonds is 4. The van der Waals surface area contributed by atoms with Gasteiger partial charge in [-0.05, 0) is 31.2 Å². The maximum absolute atomic E-state index is 5.62. The number of nitrogens with one attached hydrogen (secondary N) is 1. The van der Waals surface area contributed by atoms with E-state index in [1.165, 1.54) is 5.56 Å². The predicted molar refractivity (Wildman–Crippen MR) is 67.6 cm³/mol. The van der Waals surface area contributed by atoms with Crippen molar-refractivity contribution >= 4 is 5.82 Å². The molecule has 0 aliphatic heterocycles. The fourth-order valence-corrected chi connectivity index (χ4v) is 1.43. The number of nitrogens with zero attached hydrogens (tertiary/aromatic N) is 1. The second-order valence-corrected chi connectivity index (χ2v) is 3.76. The first-order valence-electron chi connectivity index (χ1n) is 5.40. The summed E-state index contributed by atoms with van der Waals surface area (Å²) >= 11 is 0. The number of ether oxygens (including phenoxy) is 1. The second-order valence-electron chi connectivity index (χ2n) is 3.76. The molecule has 4 heteroatoms. The Morgan fingerprint density at radius 2 is 1.94 bits per heavy atom. The highest BCUT2D eigenvalue weighted by molar-refractivity contribution is 5.33. The SMILES string of the molecule is Cc1ccc(OCc2cccc(NN)n2)cc1. The van der Waals surface area contributed by atoms with Crippen LogP contribution in [-0.4, -0.2) is 4.98 Å². The number of hydrazine groups is 1. The van der Waals surface area contributed by atoms with Gasteiger partial charge in [0.25, 0.3) is 0 Å². The molecule has 0 unspecified atom stereocenters. The van der Waals surface area contributed by atoms with Crippen LogP contribution in [0.25, 0.3) is 0 Å². The van der Waals surface area contributed by atoms with Crippen molar-refractivity contribution in [1.29, 1.82) is 0 Å². The van der Waals surface area contributed by atoms with E-state index in [0.29, 0.717) is 12.4 Å². The van der Waals surface area contributed by atoms with Gasteiger partial charge in [0, 0.05) is 0 Å². The Morgan fingerprint density at radius 3 is 2.65 bits per heavy atom. The van der Waals surface area contributed by atoms with Crippen LogP contribution in [0.1, 0.15) is 11.3 Å². The standard InChI is InChI=1S/C13H15N3O/c1-10-5-7-12(8-6-10)17-9-11-3-2-4-13(15-11)16-14/h2-8H,9,14H2,1H3,(H,15,16). The Labute approximate surface area is 100 Å². The summed E-state index contributed by atoms with van der Waals surface area (Å²) in [7, 11) is 0. The highest BCUT2D eigenvalue weighted by Gasteiger charge is 1.98. The minimum atomic E-state index is 0.429. The van der Waals surface area contributed by atoms with Crippen LogP contribution in [0.15, 0.2) is 42.5 Å². The number of benzene rings is 1. The van der Waals surface area contributed by atoms with Crippen molar-refractivity contribution in [3.63, 3.8) is 0 Å². The molecule has 2 rings (SSSR count). The first kappa shape index (κ1) is 11.4. The lowest BCUT2D eigenvalue weighted by molar-refractivity contribution is 0.301. The quantitative estimate of drug-likeness (QED) is 0.623. The monoisotopic (exact) mass is 229 g/mol. The van der Waals surface area contributed by atoms with Gasteiger partial charge in [0.15, 0.2) is 0 Å². The van der Waals surface area contributed by atoms with E-state index in [0.717, 1.165) is 11.4 Å². The van der Waals surface area contributed by atoms with Crippen molar-refractivity contribution < 1.29 is 4.74 Å². The Kier molecular flexibility index (Phi) is 3.57. The number of anilines is 1. The zero-order chi connectivity index (χ0) is 12.1. The lowest BCUT2D eigenvalue weighted by Crippen LogP contribution is -2.09. The average molecular weight is 229 g/mol. The van der Waals surface area contributed by atoms with Crippen LogP contribution in [-0.2, 0) is 6.61 Å². The Bertz CT molecular complexity index is 482. The van der Waals surface area contributed by atoms with Crippen molar-refractivity contribution in [3.05, 3.63) is 53.7 Å². The summed E-state index contributed by atoms with van der Waals surface area (Å²) in [6.45, 7) is 2.47. The van der Waals surface area contributed by atoms with Crippen LogP contribution in [0.4, 0.5) is 5.82 Å². The van der Waals surface area contributed by atoms with Crippen molar-refractivity contribution in [2.45, 2.75) is 13.5 Å². The molecule has 0 amide bonds. The van der Waals surface area contributed by atoms with E-state index in [4.69, 9.17) is 10.6 Å². The minimum Gasteiger partial charge on any atom is -0.487 e. The third-order valence-electron chi connectivity index (χ3n) is 2.36. The van der Waals surface area contributed by atoms with Crippen molar-refractivity contribution in [3.8, 4) is 5.75 Å². The van der Waals surface area contributed by atoms with Gasteiger partial charge in [-0.2, -0.15) is 0 Å².